The molecule has 1 aromatic rings. The third-order valence-electron chi connectivity index (χ3n) is 2.51. The standard InChI is InChI=1S/C10H12ClNO/c11-10-3-1-2-8-7(6-13)4-12-5-9(8)10/h1-3,7,12-13H,4-6H2. The molecule has 0 fully saturated rings. The molecular formula is C10H12ClNO. The second kappa shape index (κ2) is 3.66. The number of fused-ring (bicyclic) bond motifs is 1. The molecular weight excluding hydrogens is 186 g/mol. The summed E-state index contributed by atoms with van der Waals surface area (Å²) in [6, 6.07) is 5.87. The number of hydrogen-bond acceptors (Lipinski definition) is 2. The number of benzene rings is 1. The molecule has 0 bridgehead atoms. The van der Waals surface area contributed by atoms with Crippen LogP contribution in [-0.4, -0.2) is 18.3 Å². The van der Waals surface area contributed by atoms with Crippen molar-refractivity contribution in [2.45, 2.75) is 12.5 Å². The van der Waals surface area contributed by atoms with Crippen LogP contribution in [0.5, 0.6) is 0 Å². The Morgan fingerprint density at radius 3 is 3.15 bits per heavy atom. The van der Waals surface area contributed by atoms with Crippen LogP contribution in [0.15, 0.2) is 18.2 Å². The third kappa shape index (κ3) is 1.57. The lowest BCUT2D eigenvalue weighted by Gasteiger charge is -2.25. The summed E-state index contributed by atoms with van der Waals surface area (Å²) in [7, 11) is 0. The first-order valence-corrected chi connectivity index (χ1v) is 4.79. The maximum Gasteiger partial charge on any atom is 0.0512 e. The van der Waals surface area contributed by atoms with Crippen LogP contribution in [0.3, 0.4) is 0 Å². The van der Waals surface area contributed by atoms with Crippen molar-refractivity contribution in [3.8, 4) is 0 Å². The molecule has 0 aliphatic carbocycles. The fourth-order valence-corrected chi connectivity index (χ4v) is 2.04. The molecule has 70 valence electrons. The Balaban J connectivity index is 2.45. The molecule has 0 radical (unpaired) electrons. The van der Waals surface area contributed by atoms with Crippen molar-refractivity contribution in [3.63, 3.8) is 0 Å². The van der Waals surface area contributed by atoms with Gasteiger partial charge in [-0.15, -0.1) is 0 Å². The Morgan fingerprint density at radius 1 is 1.54 bits per heavy atom. The molecule has 2 rings (SSSR count). The highest BCUT2D eigenvalue weighted by atomic mass is 35.5. The van der Waals surface area contributed by atoms with Gasteiger partial charge in [0.15, 0.2) is 0 Å². The third-order valence-corrected chi connectivity index (χ3v) is 2.86. The molecule has 0 saturated carbocycles. The lowest BCUT2D eigenvalue weighted by atomic mass is 9.91. The first-order chi connectivity index (χ1) is 6.33. The minimum Gasteiger partial charge on any atom is -0.396 e. The number of aliphatic hydroxyl groups excluding tert-OH is 1. The van der Waals surface area contributed by atoms with Gasteiger partial charge in [0.05, 0.1) is 6.61 Å². The minimum atomic E-state index is 0.181. The summed E-state index contributed by atoms with van der Waals surface area (Å²) in [5.74, 6) is 0.197. The monoisotopic (exact) mass is 197 g/mol. The zero-order valence-electron chi connectivity index (χ0n) is 7.26. The van der Waals surface area contributed by atoms with E-state index in [0.29, 0.717) is 0 Å². The van der Waals surface area contributed by atoms with Gasteiger partial charge in [0, 0.05) is 24.0 Å². The van der Waals surface area contributed by atoms with Crippen molar-refractivity contribution in [3.05, 3.63) is 34.3 Å². The maximum absolute atomic E-state index is 9.15. The van der Waals surface area contributed by atoms with E-state index in [9.17, 15) is 0 Å². The van der Waals surface area contributed by atoms with Crippen LogP contribution in [0.1, 0.15) is 17.0 Å². The maximum atomic E-state index is 9.15. The Morgan fingerprint density at radius 2 is 2.38 bits per heavy atom. The summed E-state index contributed by atoms with van der Waals surface area (Å²) in [4.78, 5) is 0. The van der Waals surface area contributed by atoms with E-state index in [1.54, 1.807) is 0 Å². The van der Waals surface area contributed by atoms with E-state index in [0.717, 1.165) is 23.7 Å². The number of hydrogen-bond donors (Lipinski definition) is 2. The molecule has 1 aliphatic heterocycles. The van der Waals surface area contributed by atoms with E-state index in [1.807, 2.05) is 18.2 Å². The summed E-state index contributed by atoms with van der Waals surface area (Å²) in [6.07, 6.45) is 0. The zero-order chi connectivity index (χ0) is 9.26. The number of rotatable bonds is 1. The van der Waals surface area contributed by atoms with E-state index in [-0.39, 0.29) is 12.5 Å². The highest BCUT2D eigenvalue weighted by Crippen LogP contribution is 2.28. The van der Waals surface area contributed by atoms with Gasteiger partial charge in [-0.25, -0.2) is 0 Å². The second-order valence-corrected chi connectivity index (χ2v) is 3.73. The molecule has 13 heavy (non-hydrogen) atoms. The summed E-state index contributed by atoms with van der Waals surface area (Å²) >= 11 is 6.04. The molecule has 3 heteroatoms. The minimum absolute atomic E-state index is 0.181. The molecule has 0 amide bonds. The van der Waals surface area contributed by atoms with Crippen LogP contribution in [0.4, 0.5) is 0 Å². The summed E-state index contributed by atoms with van der Waals surface area (Å²) in [5, 5.41) is 13.2. The van der Waals surface area contributed by atoms with Crippen LogP contribution in [0.2, 0.25) is 5.02 Å². The van der Waals surface area contributed by atoms with E-state index in [1.165, 1.54) is 5.56 Å². The van der Waals surface area contributed by atoms with Crippen LogP contribution in [-0.2, 0) is 6.54 Å². The molecule has 0 spiro atoms. The van der Waals surface area contributed by atoms with Gasteiger partial charge in [-0.1, -0.05) is 23.7 Å². The molecule has 2 N–H and O–H groups in total. The van der Waals surface area contributed by atoms with E-state index in [4.69, 9.17) is 16.7 Å². The van der Waals surface area contributed by atoms with Crippen molar-refractivity contribution in [1.82, 2.24) is 5.32 Å². The van der Waals surface area contributed by atoms with Gasteiger partial charge in [-0.3, -0.25) is 0 Å². The van der Waals surface area contributed by atoms with Crippen LogP contribution in [0.25, 0.3) is 0 Å². The molecule has 1 aromatic carbocycles. The lowest BCUT2D eigenvalue weighted by Crippen LogP contribution is -2.30. The highest BCUT2D eigenvalue weighted by molar-refractivity contribution is 6.31. The second-order valence-electron chi connectivity index (χ2n) is 3.32. The van der Waals surface area contributed by atoms with Crippen LogP contribution < -0.4 is 5.32 Å². The number of halogens is 1. The van der Waals surface area contributed by atoms with Crippen molar-refractivity contribution in [1.29, 1.82) is 0 Å². The largest absolute Gasteiger partial charge is 0.396 e. The smallest absolute Gasteiger partial charge is 0.0512 e. The molecule has 1 atom stereocenters. The topological polar surface area (TPSA) is 32.3 Å². The lowest BCUT2D eigenvalue weighted by molar-refractivity contribution is 0.256. The Hall–Kier alpha value is -0.570. The normalized spacial score (nSPS) is 21.2. The average Bonchev–Trinajstić information content (AvgIpc) is 2.18. The van der Waals surface area contributed by atoms with Crippen molar-refractivity contribution >= 4 is 11.6 Å². The van der Waals surface area contributed by atoms with Gasteiger partial charge in [-0.2, -0.15) is 0 Å². The first-order valence-electron chi connectivity index (χ1n) is 4.42. The van der Waals surface area contributed by atoms with Crippen LogP contribution in [0, 0.1) is 0 Å². The van der Waals surface area contributed by atoms with Gasteiger partial charge >= 0.3 is 0 Å². The summed E-state index contributed by atoms with van der Waals surface area (Å²) in [5.41, 5.74) is 2.32. The van der Waals surface area contributed by atoms with Crippen LogP contribution >= 0.6 is 11.6 Å². The average molecular weight is 198 g/mol. The molecule has 1 unspecified atom stereocenters. The summed E-state index contributed by atoms with van der Waals surface area (Å²) < 4.78 is 0. The number of aliphatic hydroxyl groups is 1. The summed E-state index contributed by atoms with van der Waals surface area (Å²) in [6.45, 7) is 1.83. The predicted octanol–water partition coefficient (Wildman–Crippen LogP) is 1.52. The Bertz CT molecular complexity index is 314. The molecule has 0 aromatic heterocycles. The fourth-order valence-electron chi connectivity index (χ4n) is 1.79. The zero-order valence-corrected chi connectivity index (χ0v) is 8.01. The number of nitrogens with one attached hydrogen (secondary N) is 1. The van der Waals surface area contributed by atoms with E-state index >= 15 is 0 Å². The van der Waals surface area contributed by atoms with Crippen molar-refractivity contribution < 1.29 is 5.11 Å². The van der Waals surface area contributed by atoms with E-state index in [2.05, 4.69) is 5.32 Å². The van der Waals surface area contributed by atoms with Crippen molar-refractivity contribution in [2.75, 3.05) is 13.2 Å². The van der Waals surface area contributed by atoms with Gasteiger partial charge < -0.3 is 10.4 Å². The van der Waals surface area contributed by atoms with Gasteiger partial charge in [0.25, 0.3) is 0 Å². The Kier molecular flexibility index (Phi) is 2.54. The molecule has 0 saturated heterocycles. The molecule has 2 nitrogen and oxygen atoms in total. The van der Waals surface area contributed by atoms with Crippen molar-refractivity contribution in [2.24, 2.45) is 0 Å². The van der Waals surface area contributed by atoms with Gasteiger partial charge in [0.1, 0.15) is 0 Å². The van der Waals surface area contributed by atoms with Gasteiger partial charge in [0.2, 0.25) is 0 Å². The molecule has 1 aliphatic rings. The fraction of sp³-hybridized carbons (Fsp3) is 0.400. The predicted molar refractivity (Wildman–Crippen MR) is 53.0 cm³/mol. The molecule has 1 heterocycles. The quantitative estimate of drug-likeness (QED) is 0.716. The Labute approximate surface area is 82.5 Å². The highest BCUT2D eigenvalue weighted by Gasteiger charge is 2.20. The SMILES string of the molecule is OCC1CNCc2c(Cl)cccc21. The van der Waals surface area contributed by atoms with E-state index < -0.39 is 0 Å². The first kappa shape index (κ1) is 9.00. The van der Waals surface area contributed by atoms with Gasteiger partial charge in [-0.05, 0) is 17.2 Å².